The first kappa shape index (κ1) is 24.5. The molecule has 0 aromatic heterocycles. The van der Waals surface area contributed by atoms with Crippen molar-refractivity contribution in [2.45, 2.75) is 4.90 Å². The molecule has 0 amide bonds. The molecule has 4 aromatic carbocycles. The number of para-hydroxylation sites is 1. The van der Waals surface area contributed by atoms with E-state index in [-0.39, 0.29) is 17.0 Å². The summed E-state index contributed by atoms with van der Waals surface area (Å²) in [6, 6.07) is 30.6. The molecule has 0 N–H and O–H groups in total. The summed E-state index contributed by atoms with van der Waals surface area (Å²) >= 11 is 0. The number of carbonyl (C=O) groups excluding carboxylic acids is 1. The molecule has 0 heterocycles. The Bertz CT molecular complexity index is 1520. The van der Waals surface area contributed by atoms with E-state index in [1.165, 1.54) is 34.6 Å². The Kier molecular flexibility index (Phi) is 7.28. The summed E-state index contributed by atoms with van der Waals surface area (Å²) in [6.45, 7) is 3.74. The standard InChI is InChI=1S/C29H22N2O4S/c1-2-19-31(26-8-4-3-5-9-26)36(33,34)28-10-6-7-25(20-28)29(32)35-27-17-15-24(16-18-27)23-13-11-22(21-30)12-14-23/h2-18,20H,1,19H2. The molecule has 0 aliphatic carbocycles. The van der Waals surface area contributed by atoms with E-state index in [4.69, 9.17) is 10.00 Å². The first-order chi connectivity index (χ1) is 17.4. The van der Waals surface area contributed by atoms with Crippen LogP contribution in [-0.4, -0.2) is 20.9 Å². The molecule has 0 unspecified atom stereocenters. The Morgan fingerprint density at radius 1 is 0.889 bits per heavy atom. The first-order valence-corrected chi connectivity index (χ1v) is 12.5. The molecule has 36 heavy (non-hydrogen) atoms. The third-order valence-electron chi connectivity index (χ3n) is 5.41. The van der Waals surface area contributed by atoms with Crippen LogP contribution in [0.15, 0.2) is 121 Å². The van der Waals surface area contributed by atoms with Gasteiger partial charge in [-0.3, -0.25) is 4.31 Å². The highest BCUT2D eigenvalue weighted by atomic mass is 32.2. The van der Waals surface area contributed by atoms with Gasteiger partial charge < -0.3 is 4.74 Å². The van der Waals surface area contributed by atoms with Crippen molar-refractivity contribution in [1.29, 1.82) is 5.26 Å². The lowest BCUT2D eigenvalue weighted by molar-refractivity contribution is 0.0734. The van der Waals surface area contributed by atoms with Crippen molar-refractivity contribution >= 4 is 21.7 Å². The molecule has 0 aliphatic rings. The van der Waals surface area contributed by atoms with E-state index in [1.54, 1.807) is 66.7 Å². The van der Waals surface area contributed by atoms with E-state index in [9.17, 15) is 13.2 Å². The largest absolute Gasteiger partial charge is 0.423 e. The first-order valence-electron chi connectivity index (χ1n) is 11.0. The minimum absolute atomic E-state index is 0.0289. The number of hydrogen-bond acceptors (Lipinski definition) is 5. The molecule has 0 fully saturated rings. The van der Waals surface area contributed by atoms with E-state index < -0.39 is 16.0 Å². The average molecular weight is 495 g/mol. The maximum atomic E-state index is 13.4. The fourth-order valence-corrected chi connectivity index (χ4v) is 5.07. The zero-order chi connectivity index (χ0) is 25.5. The molecule has 0 spiro atoms. The van der Waals surface area contributed by atoms with E-state index in [2.05, 4.69) is 12.6 Å². The molecule has 0 radical (unpaired) electrons. The maximum absolute atomic E-state index is 13.4. The van der Waals surface area contributed by atoms with E-state index in [0.717, 1.165) is 11.1 Å². The fraction of sp³-hybridized carbons (Fsp3) is 0.0345. The molecule has 178 valence electrons. The second-order valence-electron chi connectivity index (χ2n) is 7.79. The number of ether oxygens (including phenoxy) is 1. The smallest absolute Gasteiger partial charge is 0.343 e. The minimum atomic E-state index is -3.95. The number of anilines is 1. The predicted molar refractivity (Wildman–Crippen MR) is 139 cm³/mol. The molecule has 0 atom stereocenters. The zero-order valence-corrected chi connectivity index (χ0v) is 20.1. The third-order valence-corrected chi connectivity index (χ3v) is 7.20. The topological polar surface area (TPSA) is 87.5 Å². The van der Waals surface area contributed by atoms with Crippen molar-refractivity contribution < 1.29 is 17.9 Å². The van der Waals surface area contributed by atoms with Crippen LogP contribution in [0.4, 0.5) is 5.69 Å². The number of nitrogens with zero attached hydrogens (tertiary/aromatic N) is 2. The van der Waals surface area contributed by atoms with Gasteiger partial charge >= 0.3 is 5.97 Å². The van der Waals surface area contributed by atoms with Gasteiger partial charge in [0.15, 0.2) is 0 Å². The summed E-state index contributed by atoms with van der Waals surface area (Å²) in [5.41, 5.74) is 3.00. The summed E-state index contributed by atoms with van der Waals surface area (Å²) in [4.78, 5) is 12.8. The van der Waals surface area contributed by atoms with Gasteiger partial charge in [-0.25, -0.2) is 13.2 Å². The molecular formula is C29H22N2O4S. The molecule has 0 saturated carbocycles. The molecule has 7 heteroatoms. The molecule has 0 saturated heterocycles. The Morgan fingerprint density at radius 2 is 1.53 bits per heavy atom. The van der Waals surface area contributed by atoms with Gasteiger partial charge in [0, 0.05) is 0 Å². The van der Waals surface area contributed by atoms with Crippen molar-refractivity contribution in [3.63, 3.8) is 0 Å². The summed E-state index contributed by atoms with van der Waals surface area (Å²) in [5, 5.41) is 8.94. The predicted octanol–water partition coefficient (Wildman–Crippen LogP) is 5.83. The second kappa shape index (κ2) is 10.7. The van der Waals surface area contributed by atoms with Crippen LogP contribution in [0.3, 0.4) is 0 Å². The summed E-state index contributed by atoms with van der Waals surface area (Å²) in [6.07, 6.45) is 1.50. The van der Waals surface area contributed by atoms with Gasteiger partial charge in [-0.2, -0.15) is 5.26 Å². The molecule has 6 nitrogen and oxygen atoms in total. The van der Waals surface area contributed by atoms with Crippen molar-refractivity contribution in [1.82, 2.24) is 0 Å². The van der Waals surface area contributed by atoms with Crippen LogP contribution in [0.2, 0.25) is 0 Å². The highest BCUT2D eigenvalue weighted by Gasteiger charge is 2.25. The van der Waals surface area contributed by atoms with Crippen LogP contribution in [-0.2, 0) is 10.0 Å². The highest BCUT2D eigenvalue weighted by Crippen LogP contribution is 2.26. The number of sulfonamides is 1. The van der Waals surface area contributed by atoms with Crippen LogP contribution in [0.25, 0.3) is 11.1 Å². The quantitative estimate of drug-likeness (QED) is 0.175. The summed E-state index contributed by atoms with van der Waals surface area (Å²) < 4.78 is 33.5. The van der Waals surface area contributed by atoms with Crippen LogP contribution < -0.4 is 9.04 Å². The Labute approximate surface area is 210 Å². The van der Waals surface area contributed by atoms with Crippen molar-refractivity contribution in [2.75, 3.05) is 10.8 Å². The molecule has 4 aromatic rings. The van der Waals surface area contributed by atoms with Crippen LogP contribution in [0.5, 0.6) is 5.75 Å². The third kappa shape index (κ3) is 5.35. The van der Waals surface area contributed by atoms with Gasteiger partial charge in [-0.15, -0.1) is 6.58 Å². The van der Waals surface area contributed by atoms with Gasteiger partial charge in [0.05, 0.1) is 34.3 Å². The summed E-state index contributed by atoms with van der Waals surface area (Å²) in [5.74, 6) is -0.351. The number of rotatable bonds is 8. The zero-order valence-electron chi connectivity index (χ0n) is 19.2. The maximum Gasteiger partial charge on any atom is 0.343 e. The monoisotopic (exact) mass is 494 g/mol. The number of hydrogen-bond donors (Lipinski definition) is 0. The van der Waals surface area contributed by atoms with Gasteiger partial charge in [0.2, 0.25) is 0 Å². The van der Waals surface area contributed by atoms with Gasteiger partial charge in [0.1, 0.15) is 5.75 Å². The molecule has 0 bridgehead atoms. The minimum Gasteiger partial charge on any atom is -0.423 e. The van der Waals surface area contributed by atoms with Crippen LogP contribution in [0, 0.1) is 11.3 Å². The van der Waals surface area contributed by atoms with E-state index >= 15 is 0 Å². The van der Waals surface area contributed by atoms with Crippen molar-refractivity contribution in [3.8, 4) is 22.9 Å². The number of carbonyl (C=O) groups is 1. The Balaban J connectivity index is 1.53. The van der Waals surface area contributed by atoms with E-state index in [1.807, 2.05) is 12.1 Å². The van der Waals surface area contributed by atoms with Gasteiger partial charge in [-0.05, 0) is 65.7 Å². The lowest BCUT2D eigenvalue weighted by atomic mass is 10.0. The van der Waals surface area contributed by atoms with Gasteiger partial charge in [0.25, 0.3) is 10.0 Å². The van der Waals surface area contributed by atoms with Crippen LogP contribution >= 0.6 is 0 Å². The lowest BCUT2D eigenvalue weighted by Crippen LogP contribution is -2.31. The fourth-order valence-electron chi connectivity index (χ4n) is 3.58. The number of esters is 1. The highest BCUT2D eigenvalue weighted by molar-refractivity contribution is 7.92. The SMILES string of the molecule is C=CCN(c1ccccc1)S(=O)(=O)c1cccc(C(=O)Oc2ccc(-c3ccc(C#N)cc3)cc2)c1. The van der Waals surface area contributed by atoms with Crippen LogP contribution in [0.1, 0.15) is 15.9 Å². The number of benzene rings is 4. The second-order valence-corrected chi connectivity index (χ2v) is 9.65. The summed E-state index contributed by atoms with van der Waals surface area (Å²) in [7, 11) is -3.95. The normalized spacial score (nSPS) is 10.8. The lowest BCUT2D eigenvalue weighted by Gasteiger charge is -2.23. The van der Waals surface area contributed by atoms with E-state index in [0.29, 0.717) is 17.0 Å². The Morgan fingerprint density at radius 3 is 2.14 bits per heavy atom. The Hall–Kier alpha value is -4.67. The van der Waals surface area contributed by atoms with Gasteiger partial charge in [-0.1, -0.05) is 54.6 Å². The molecule has 4 rings (SSSR count). The van der Waals surface area contributed by atoms with Crippen molar-refractivity contribution in [2.24, 2.45) is 0 Å². The molecule has 0 aliphatic heterocycles. The number of nitriles is 1. The average Bonchev–Trinajstić information content (AvgIpc) is 2.92. The molecular weight excluding hydrogens is 472 g/mol. The van der Waals surface area contributed by atoms with Crippen molar-refractivity contribution in [3.05, 3.63) is 127 Å².